The number of aromatic nitrogens is 4. The Hall–Kier alpha value is -2.87. The van der Waals surface area contributed by atoms with Crippen LogP contribution in [0.5, 0.6) is 11.5 Å². The summed E-state index contributed by atoms with van der Waals surface area (Å²) in [6, 6.07) is 5.55. The predicted molar refractivity (Wildman–Crippen MR) is 96.6 cm³/mol. The Morgan fingerprint density at radius 2 is 1.73 bits per heavy atom. The number of hydrogen-bond donors (Lipinski definition) is 2. The Balaban J connectivity index is 1.58. The summed E-state index contributed by atoms with van der Waals surface area (Å²) in [5.41, 5.74) is 1.34. The molecule has 0 unspecified atom stereocenters. The first-order valence-electron chi connectivity index (χ1n) is 8.48. The summed E-state index contributed by atoms with van der Waals surface area (Å²) in [4.78, 5) is 18.0. The van der Waals surface area contributed by atoms with E-state index in [1.165, 1.54) is 6.33 Å². The van der Waals surface area contributed by atoms with Gasteiger partial charge in [0.15, 0.2) is 11.5 Å². The van der Waals surface area contributed by atoms with Gasteiger partial charge in [-0.05, 0) is 30.5 Å². The zero-order valence-electron chi connectivity index (χ0n) is 14.8. The summed E-state index contributed by atoms with van der Waals surface area (Å²) in [5, 5.41) is 11.2. The van der Waals surface area contributed by atoms with Gasteiger partial charge in [-0.3, -0.25) is 0 Å². The first kappa shape index (κ1) is 16.6. The number of nitrogens with zero attached hydrogens (tertiary/aromatic N) is 4. The number of benzene rings is 1. The van der Waals surface area contributed by atoms with Gasteiger partial charge in [0, 0.05) is 19.2 Å². The van der Waals surface area contributed by atoms with Crippen molar-refractivity contribution in [1.29, 1.82) is 0 Å². The monoisotopic (exact) mass is 355 g/mol. The average Bonchev–Trinajstić information content (AvgIpc) is 3.17. The summed E-state index contributed by atoms with van der Waals surface area (Å²) in [6.07, 6.45) is 4.28. The highest BCUT2D eigenvalue weighted by molar-refractivity contribution is 5.82. The highest BCUT2D eigenvalue weighted by Gasteiger charge is 2.35. The number of fused-ring (bicyclic) bond motifs is 1. The van der Waals surface area contributed by atoms with Crippen LogP contribution in [0, 0.1) is 0 Å². The standard InChI is InChI=1S/C18H21N5O3/c1-25-13-7-12(8-14(9-13)26-2)18(24)3-5-23(6-4-18)17-15-16(20-10-19-15)21-11-22-17/h7-11,24H,3-6H2,1-2H3,(H,19,20,21,22). The molecule has 8 heteroatoms. The fourth-order valence-corrected chi connectivity index (χ4v) is 3.45. The third-order valence-electron chi connectivity index (χ3n) is 4.98. The molecule has 2 aromatic heterocycles. The van der Waals surface area contributed by atoms with Crippen molar-refractivity contribution in [2.75, 3.05) is 32.2 Å². The molecule has 26 heavy (non-hydrogen) atoms. The maximum absolute atomic E-state index is 11.2. The number of imidazole rings is 1. The van der Waals surface area contributed by atoms with Crippen LogP contribution in [0.2, 0.25) is 0 Å². The zero-order chi connectivity index (χ0) is 18.1. The minimum absolute atomic E-state index is 0.572. The highest BCUT2D eigenvalue weighted by Crippen LogP contribution is 2.38. The molecule has 0 bridgehead atoms. The van der Waals surface area contributed by atoms with Crippen molar-refractivity contribution < 1.29 is 14.6 Å². The quantitative estimate of drug-likeness (QED) is 0.737. The first-order chi connectivity index (χ1) is 12.6. The lowest BCUT2D eigenvalue weighted by Gasteiger charge is -2.39. The van der Waals surface area contributed by atoms with Gasteiger partial charge in [-0.1, -0.05) is 0 Å². The third-order valence-corrected chi connectivity index (χ3v) is 4.98. The number of rotatable bonds is 4. The fourth-order valence-electron chi connectivity index (χ4n) is 3.45. The third kappa shape index (κ3) is 2.82. The van der Waals surface area contributed by atoms with Crippen LogP contribution in [0.25, 0.3) is 11.2 Å². The Morgan fingerprint density at radius 3 is 2.38 bits per heavy atom. The number of anilines is 1. The van der Waals surface area contributed by atoms with Crippen molar-refractivity contribution in [3.63, 3.8) is 0 Å². The van der Waals surface area contributed by atoms with Crippen LogP contribution >= 0.6 is 0 Å². The van der Waals surface area contributed by atoms with E-state index in [1.54, 1.807) is 26.6 Å². The predicted octanol–water partition coefficient (Wildman–Crippen LogP) is 1.86. The number of ether oxygens (including phenoxy) is 2. The van der Waals surface area contributed by atoms with Gasteiger partial charge in [0.1, 0.15) is 23.3 Å². The first-order valence-corrected chi connectivity index (χ1v) is 8.48. The van der Waals surface area contributed by atoms with E-state index in [0.29, 0.717) is 43.1 Å². The number of H-pyrrole nitrogens is 1. The van der Waals surface area contributed by atoms with Crippen molar-refractivity contribution in [3.05, 3.63) is 36.4 Å². The fraction of sp³-hybridized carbons (Fsp3) is 0.389. The van der Waals surface area contributed by atoms with E-state index < -0.39 is 5.60 Å². The number of hydrogen-bond acceptors (Lipinski definition) is 7. The van der Waals surface area contributed by atoms with E-state index >= 15 is 0 Å². The lowest BCUT2D eigenvalue weighted by atomic mass is 9.84. The van der Waals surface area contributed by atoms with Gasteiger partial charge in [0.05, 0.1) is 26.1 Å². The topological polar surface area (TPSA) is 96.4 Å². The number of nitrogens with one attached hydrogen (secondary N) is 1. The minimum atomic E-state index is -0.932. The number of piperidine rings is 1. The van der Waals surface area contributed by atoms with Crippen molar-refractivity contribution in [2.45, 2.75) is 18.4 Å². The molecular weight excluding hydrogens is 334 g/mol. The van der Waals surface area contributed by atoms with E-state index in [1.807, 2.05) is 12.1 Å². The number of methoxy groups -OCH3 is 2. The molecule has 1 saturated heterocycles. The second kappa shape index (κ2) is 6.45. The molecule has 1 aromatic carbocycles. The molecule has 3 heterocycles. The SMILES string of the molecule is COc1cc(OC)cc(C2(O)CCN(c3ncnc4nc[nH]c34)CC2)c1. The van der Waals surface area contributed by atoms with Crippen LogP contribution in [0.1, 0.15) is 18.4 Å². The Morgan fingerprint density at radius 1 is 1.04 bits per heavy atom. The van der Waals surface area contributed by atoms with E-state index in [0.717, 1.165) is 16.9 Å². The molecule has 1 aliphatic heterocycles. The van der Waals surface area contributed by atoms with Crippen LogP contribution < -0.4 is 14.4 Å². The molecule has 0 radical (unpaired) electrons. The van der Waals surface area contributed by atoms with Crippen molar-refractivity contribution in [1.82, 2.24) is 19.9 Å². The molecule has 0 spiro atoms. The molecular formula is C18H21N5O3. The molecule has 136 valence electrons. The molecule has 4 rings (SSSR count). The summed E-state index contributed by atoms with van der Waals surface area (Å²) < 4.78 is 10.7. The van der Waals surface area contributed by atoms with Gasteiger partial charge < -0.3 is 24.5 Å². The maximum atomic E-state index is 11.2. The van der Waals surface area contributed by atoms with Crippen LogP contribution in [-0.2, 0) is 5.60 Å². The number of aromatic amines is 1. The molecule has 0 amide bonds. The second-order valence-corrected chi connectivity index (χ2v) is 6.42. The van der Waals surface area contributed by atoms with E-state index in [9.17, 15) is 5.11 Å². The van der Waals surface area contributed by atoms with Gasteiger partial charge in [-0.15, -0.1) is 0 Å². The smallest absolute Gasteiger partial charge is 0.182 e. The van der Waals surface area contributed by atoms with Crippen molar-refractivity contribution in [3.8, 4) is 11.5 Å². The molecule has 0 saturated carbocycles. The van der Waals surface area contributed by atoms with Crippen molar-refractivity contribution >= 4 is 17.0 Å². The molecule has 2 N–H and O–H groups in total. The summed E-state index contributed by atoms with van der Waals surface area (Å²) in [7, 11) is 3.21. The lowest BCUT2D eigenvalue weighted by molar-refractivity contribution is 0.0113. The molecule has 1 aliphatic rings. The molecule has 8 nitrogen and oxygen atoms in total. The maximum Gasteiger partial charge on any atom is 0.182 e. The Labute approximate surface area is 150 Å². The van der Waals surface area contributed by atoms with Gasteiger partial charge >= 0.3 is 0 Å². The minimum Gasteiger partial charge on any atom is -0.497 e. The van der Waals surface area contributed by atoms with Gasteiger partial charge in [-0.2, -0.15) is 0 Å². The largest absolute Gasteiger partial charge is 0.497 e. The summed E-state index contributed by atoms with van der Waals surface area (Å²) in [6.45, 7) is 1.34. The van der Waals surface area contributed by atoms with E-state index in [4.69, 9.17) is 9.47 Å². The molecule has 1 fully saturated rings. The average molecular weight is 355 g/mol. The van der Waals surface area contributed by atoms with Crippen molar-refractivity contribution in [2.24, 2.45) is 0 Å². The lowest BCUT2D eigenvalue weighted by Crippen LogP contribution is -2.43. The highest BCUT2D eigenvalue weighted by atomic mass is 16.5. The summed E-state index contributed by atoms with van der Waals surface area (Å²) >= 11 is 0. The van der Waals surface area contributed by atoms with Crippen LogP contribution in [0.3, 0.4) is 0 Å². The van der Waals surface area contributed by atoms with E-state index in [-0.39, 0.29) is 0 Å². The molecule has 0 atom stereocenters. The number of aliphatic hydroxyl groups is 1. The molecule has 0 aliphatic carbocycles. The van der Waals surface area contributed by atoms with Crippen LogP contribution in [-0.4, -0.2) is 52.4 Å². The Bertz CT molecular complexity index is 896. The van der Waals surface area contributed by atoms with Gasteiger partial charge in [0.25, 0.3) is 0 Å². The van der Waals surface area contributed by atoms with Gasteiger partial charge in [-0.25, -0.2) is 15.0 Å². The Kier molecular flexibility index (Phi) is 4.12. The van der Waals surface area contributed by atoms with E-state index in [2.05, 4.69) is 24.8 Å². The second-order valence-electron chi connectivity index (χ2n) is 6.42. The van der Waals surface area contributed by atoms with Crippen LogP contribution in [0.4, 0.5) is 5.82 Å². The molecule has 3 aromatic rings. The normalized spacial score (nSPS) is 16.7. The van der Waals surface area contributed by atoms with Crippen LogP contribution in [0.15, 0.2) is 30.9 Å². The summed E-state index contributed by atoms with van der Waals surface area (Å²) in [5.74, 6) is 2.16. The van der Waals surface area contributed by atoms with Gasteiger partial charge in [0.2, 0.25) is 0 Å². The zero-order valence-corrected chi connectivity index (χ0v) is 14.8.